The lowest BCUT2D eigenvalue weighted by atomic mass is 10.1. The number of benzene rings is 3. The quantitative estimate of drug-likeness (QED) is 0.485. The minimum absolute atomic E-state index is 0.120. The van der Waals surface area contributed by atoms with E-state index in [9.17, 15) is 9.90 Å². The summed E-state index contributed by atoms with van der Waals surface area (Å²) >= 11 is 0. The van der Waals surface area contributed by atoms with Gasteiger partial charge in [0.2, 0.25) is 5.91 Å². The molecule has 1 unspecified atom stereocenters. The largest absolute Gasteiger partial charge is 0.497 e. The molecule has 0 radical (unpaired) electrons. The Kier molecular flexibility index (Phi) is 9.00. The third-order valence-electron chi connectivity index (χ3n) is 6.30. The molecule has 0 spiro atoms. The number of carbonyl (C=O) groups is 1. The first kappa shape index (κ1) is 25.3. The van der Waals surface area contributed by atoms with Crippen LogP contribution in [0.5, 0.6) is 11.5 Å². The number of methoxy groups -OCH3 is 1. The van der Waals surface area contributed by atoms with Gasteiger partial charge in [-0.2, -0.15) is 0 Å². The summed E-state index contributed by atoms with van der Waals surface area (Å²) in [6, 6.07) is 25.6. The fourth-order valence-electron chi connectivity index (χ4n) is 4.35. The van der Waals surface area contributed by atoms with Crippen molar-refractivity contribution in [3.63, 3.8) is 0 Å². The number of aliphatic hydroxyl groups is 1. The van der Waals surface area contributed by atoms with Crippen LogP contribution in [0.15, 0.2) is 84.9 Å². The van der Waals surface area contributed by atoms with Gasteiger partial charge in [0.25, 0.3) is 0 Å². The second-order valence-corrected chi connectivity index (χ2v) is 8.87. The van der Waals surface area contributed by atoms with E-state index < -0.39 is 6.10 Å². The lowest BCUT2D eigenvalue weighted by Crippen LogP contribution is -2.38. The molecule has 0 bridgehead atoms. The summed E-state index contributed by atoms with van der Waals surface area (Å²) in [6.07, 6.45) is 4.55. The molecule has 4 rings (SSSR count). The van der Waals surface area contributed by atoms with Crippen molar-refractivity contribution < 1.29 is 19.4 Å². The van der Waals surface area contributed by atoms with Crippen molar-refractivity contribution in [2.45, 2.75) is 18.9 Å². The number of nitrogens with zero attached hydrogens (tertiary/aromatic N) is 2. The number of β-amino-alcohol motifs (C(OH)–C–C–N with tert-alkyl or cyclic N) is 1. The van der Waals surface area contributed by atoms with Crippen LogP contribution < -0.4 is 14.4 Å². The Morgan fingerprint density at radius 2 is 1.58 bits per heavy atom. The van der Waals surface area contributed by atoms with Gasteiger partial charge in [-0.05, 0) is 47.9 Å². The van der Waals surface area contributed by atoms with Crippen molar-refractivity contribution in [2.24, 2.45) is 0 Å². The van der Waals surface area contributed by atoms with E-state index >= 15 is 0 Å². The van der Waals surface area contributed by atoms with Gasteiger partial charge in [-0.3, -0.25) is 4.79 Å². The molecular weight excluding hydrogens is 452 g/mol. The maximum absolute atomic E-state index is 13.1. The lowest BCUT2D eigenvalue weighted by Gasteiger charge is -2.28. The molecule has 0 saturated carbocycles. The van der Waals surface area contributed by atoms with Crippen LogP contribution in [0.3, 0.4) is 0 Å². The molecule has 6 nitrogen and oxygen atoms in total. The minimum atomic E-state index is -0.707. The maximum atomic E-state index is 13.1. The Hall–Kier alpha value is -3.77. The Balaban J connectivity index is 1.39. The van der Waals surface area contributed by atoms with Crippen LogP contribution in [0.1, 0.15) is 17.5 Å². The third-order valence-corrected chi connectivity index (χ3v) is 6.30. The molecule has 1 heterocycles. The highest BCUT2D eigenvalue weighted by Crippen LogP contribution is 2.24. The fourth-order valence-corrected chi connectivity index (χ4v) is 4.35. The number of rotatable bonds is 9. The standard InChI is InChI=1S/C30H34N2O4/c1-35-27-13-15-28(16-14-27)36-23-26(33)22-32-21-18-30(34)31(19-7-10-24-8-3-2-4-9-24)20-17-25-11-5-6-12-29(25)32/h2-16,26,33H,17-23H2,1H3/b10-7+. The molecule has 0 saturated heterocycles. The highest BCUT2D eigenvalue weighted by atomic mass is 16.5. The molecule has 3 aromatic carbocycles. The van der Waals surface area contributed by atoms with Gasteiger partial charge in [0.15, 0.2) is 0 Å². The van der Waals surface area contributed by atoms with E-state index in [2.05, 4.69) is 41.3 Å². The zero-order valence-corrected chi connectivity index (χ0v) is 20.8. The second kappa shape index (κ2) is 12.8. The zero-order chi connectivity index (χ0) is 25.2. The van der Waals surface area contributed by atoms with Crippen molar-refractivity contribution >= 4 is 17.7 Å². The molecule has 0 fully saturated rings. The highest BCUT2D eigenvalue weighted by Gasteiger charge is 2.22. The topological polar surface area (TPSA) is 62.2 Å². The number of hydrogen-bond acceptors (Lipinski definition) is 5. The number of anilines is 1. The van der Waals surface area contributed by atoms with Crippen LogP contribution in [-0.2, 0) is 11.2 Å². The zero-order valence-electron chi connectivity index (χ0n) is 20.8. The first-order valence-corrected chi connectivity index (χ1v) is 12.4. The van der Waals surface area contributed by atoms with E-state index in [4.69, 9.17) is 9.47 Å². The minimum Gasteiger partial charge on any atom is -0.497 e. The van der Waals surface area contributed by atoms with Crippen LogP contribution >= 0.6 is 0 Å². The van der Waals surface area contributed by atoms with E-state index in [-0.39, 0.29) is 12.5 Å². The average molecular weight is 487 g/mol. The number of amides is 1. The lowest BCUT2D eigenvalue weighted by molar-refractivity contribution is -0.130. The number of aliphatic hydroxyl groups excluding tert-OH is 1. The predicted octanol–water partition coefficient (Wildman–Crippen LogP) is 4.43. The van der Waals surface area contributed by atoms with Crippen molar-refractivity contribution in [3.8, 4) is 11.5 Å². The van der Waals surface area contributed by atoms with Gasteiger partial charge in [0.1, 0.15) is 24.2 Å². The van der Waals surface area contributed by atoms with Crippen molar-refractivity contribution in [2.75, 3.05) is 44.8 Å². The van der Waals surface area contributed by atoms with Crippen molar-refractivity contribution in [1.82, 2.24) is 4.90 Å². The van der Waals surface area contributed by atoms with Gasteiger partial charge < -0.3 is 24.4 Å². The number of ether oxygens (including phenoxy) is 2. The number of hydrogen-bond donors (Lipinski definition) is 1. The molecule has 1 atom stereocenters. The van der Waals surface area contributed by atoms with E-state index in [1.807, 2.05) is 59.5 Å². The number of carbonyl (C=O) groups excluding carboxylic acids is 1. The normalized spacial score (nSPS) is 15.1. The molecule has 3 aromatic rings. The van der Waals surface area contributed by atoms with Crippen LogP contribution in [-0.4, -0.2) is 61.9 Å². The summed E-state index contributed by atoms with van der Waals surface area (Å²) in [5.41, 5.74) is 3.36. The number of fused-ring (bicyclic) bond motifs is 1. The molecule has 1 N–H and O–H groups in total. The van der Waals surface area contributed by atoms with Crippen molar-refractivity contribution in [3.05, 3.63) is 96.1 Å². The Morgan fingerprint density at radius 3 is 2.36 bits per heavy atom. The summed E-state index contributed by atoms with van der Waals surface area (Å²) in [6.45, 7) is 2.32. The predicted molar refractivity (Wildman–Crippen MR) is 144 cm³/mol. The Labute approximate surface area is 213 Å². The van der Waals surface area contributed by atoms with Crippen LogP contribution in [0.25, 0.3) is 6.08 Å². The SMILES string of the molecule is COc1ccc(OCC(O)CN2CCC(=O)N(C/C=C/c3ccccc3)CCc3ccccc32)cc1. The Bertz CT molecular complexity index is 1130. The van der Waals surface area contributed by atoms with Gasteiger partial charge in [-0.1, -0.05) is 60.7 Å². The van der Waals surface area contributed by atoms with Crippen molar-refractivity contribution in [1.29, 1.82) is 0 Å². The Morgan fingerprint density at radius 1 is 0.889 bits per heavy atom. The summed E-state index contributed by atoms with van der Waals surface area (Å²) < 4.78 is 11.0. The van der Waals surface area contributed by atoms with Gasteiger partial charge in [0, 0.05) is 38.3 Å². The average Bonchev–Trinajstić information content (AvgIpc) is 2.98. The fraction of sp³-hybridized carbons (Fsp3) is 0.300. The first-order valence-electron chi connectivity index (χ1n) is 12.4. The van der Waals surface area contributed by atoms with Gasteiger partial charge in [0.05, 0.1) is 7.11 Å². The molecule has 6 heteroatoms. The molecule has 0 aromatic heterocycles. The van der Waals surface area contributed by atoms with E-state index in [1.54, 1.807) is 7.11 Å². The smallest absolute Gasteiger partial charge is 0.224 e. The van der Waals surface area contributed by atoms with E-state index in [0.717, 1.165) is 23.4 Å². The molecule has 36 heavy (non-hydrogen) atoms. The molecule has 188 valence electrons. The monoisotopic (exact) mass is 486 g/mol. The number of para-hydroxylation sites is 1. The maximum Gasteiger partial charge on any atom is 0.224 e. The molecule has 0 aliphatic carbocycles. The van der Waals surface area contributed by atoms with Gasteiger partial charge in [-0.15, -0.1) is 0 Å². The van der Waals surface area contributed by atoms with Crippen LogP contribution in [0, 0.1) is 0 Å². The highest BCUT2D eigenvalue weighted by molar-refractivity contribution is 5.77. The third kappa shape index (κ3) is 7.12. The first-order chi connectivity index (χ1) is 17.6. The summed E-state index contributed by atoms with van der Waals surface area (Å²) in [5, 5.41) is 10.8. The molecule has 1 amide bonds. The van der Waals surface area contributed by atoms with Crippen LogP contribution in [0.4, 0.5) is 5.69 Å². The van der Waals surface area contributed by atoms with Crippen LogP contribution in [0.2, 0.25) is 0 Å². The van der Waals surface area contributed by atoms with E-state index in [0.29, 0.717) is 38.3 Å². The summed E-state index contributed by atoms with van der Waals surface area (Å²) in [4.78, 5) is 17.1. The van der Waals surface area contributed by atoms with Gasteiger partial charge >= 0.3 is 0 Å². The van der Waals surface area contributed by atoms with E-state index in [1.165, 1.54) is 5.56 Å². The summed E-state index contributed by atoms with van der Waals surface area (Å²) in [7, 11) is 1.62. The molecule has 1 aliphatic heterocycles. The summed E-state index contributed by atoms with van der Waals surface area (Å²) in [5.74, 6) is 1.55. The molecular formula is C30H34N2O4. The second-order valence-electron chi connectivity index (χ2n) is 8.87. The molecule has 1 aliphatic rings. The van der Waals surface area contributed by atoms with Gasteiger partial charge in [-0.25, -0.2) is 0 Å².